The van der Waals surface area contributed by atoms with E-state index in [-0.39, 0.29) is 30.0 Å². The molecule has 1 unspecified atom stereocenters. The molecule has 1 aromatic rings. The van der Waals surface area contributed by atoms with Crippen molar-refractivity contribution in [2.24, 2.45) is 4.99 Å². The minimum Gasteiger partial charge on any atom is -0.357 e. The molecular formula is C20H33F3IN5. The van der Waals surface area contributed by atoms with Crippen LogP contribution in [0.4, 0.5) is 13.2 Å². The van der Waals surface area contributed by atoms with Gasteiger partial charge in [0.1, 0.15) is 0 Å². The number of rotatable bonds is 8. The molecule has 2 N–H and O–H groups in total. The van der Waals surface area contributed by atoms with E-state index in [1.165, 1.54) is 10.5 Å². The van der Waals surface area contributed by atoms with Crippen molar-refractivity contribution in [3.8, 4) is 0 Å². The van der Waals surface area contributed by atoms with E-state index >= 15 is 0 Å². The third kappa shape index (κ3) is 9.99. The third-order valence-electron chi connectivity index (χ3n) is 4.76. The highest BCUT2D eigenvalue weighted by Crippen LogP contribution is 2.20. The van der Waals surface area contributed by atoms with Crippen molar-refractivity contribution in [1.82, 2.24) is 20.4 Å². The maximum Gasteiger partial charge on any atom is 0.401 e. The molecule has 5 nitrogen and oxygen atoms in total. The normalized spacial score (nSPS) is 18.0. The first-order valence-electron chi connectivity index (χ1n) is 9.89. The van der Waals surface area contributed by atoms with Gasteiger partial charge in [-0.15, -0.1) is 24.0 Å². The number of nitrogens with zero attached hydrogens (tertiary/aromatic N) is 3. The van der Waals surface area contributed by atoms with Crippen LogP contribution in [0.2, 0.25) is 0 Å². The molecule has 0 amide bonds. The Labute approximate surface area is 189 Å². The predicted octanol–water partition coefficient (Wildman–Crippen LogP) is 3.45. The summed E-state index contributed by atoms with van der Waals surface area (Å²) in [4.78, 5) is 8.30. The number of benzene rings is 1. The molecule has 2 rings (SSSR count). The van der Waals surface area contributed by atoms with Crippen molar-refractivity contribution < 1.29 is 13.2 Å². The summed E-state index contributed by atoms with van der Waals surface area (Å²) in [5.41, 5.74) is 2.36. The van der Waals surface area contributed by atoms with Crippen molar-refractivity contribution in [1.29, 1.82) is 0 Å². The number of guanidine groups is 1. The fraction of sp³-hybridized carbons (Fsp3) is 0.650. The van der Waals surface area contributed by atoms with Crippen LogP contribution in [0.5, 0.6) is 0 Å². The smallest absolute Gasteiger partial charge is 0.357 e. The van der Waals surface area contributed by atoms with Crippen LogP contribution < -0.4 is 10.6 Å². The fourth-order valence-electron chi connectivity index (χ4n) is 3.28. The second-order valence-corrected chi connectivity index (χ2v) is 7.33. The average Bonchev–Trinajstić information content (AvgIpc) is 3.05. The first-order chi connectivity index (χ1) is 13.3. The van der Waals surface area contributed by atoms with Crippen LogP contribution in [-0.2, 0) is 13.1 Å². The van der Waals surface area contributed by atoms with Gasteiger partial charge in [-0.1, -0.05) is 31.2 Å². The average molecular weight is 527 g/mol. The Bertz CT molecular complexity index is 639. The molecule has 1 aromatic carbocycles. The van der Waals surface area contributed by atoms with Crippen molar-refractivity contribution in [2.75, 3.05) is 39.8 Å². The van der Waals surface area contributed by atoms with Gasteiger partial charge in [0, 0.05) is 32.2 Å². The lowest BCUT2D eigenvalue weighted by atomic mass is 10.1. The summed E-state index contributed by atoms with van der Waals surface area (Å²) in [6, 6.07) is 8.32. The van der Waals surface area contributed by atoms with E-state index in [2.05, 4.69) is 46.6 Å². The number of alkyl halides is 3. The molecule has 1 aliphatic heterocycles. The predicted molar refractivity (Wildman–Crippen MR) is 123 cm³/mol. The minimum atomic E-state index is -4.15. The first-order valence-corrected chi connectivity index (χ1v) is 9.89. The molecule has 0 radical (unpaired) electrons. The molecule has 0 aromatic heterocycles. The number of aliphatic imine (C=N–C) groups is 1. The molecule has 1 aliphatic rings. The number of nitrogens with one attached hydrogen (secondary N) is 2. The number of halogens is 4. The molecule has 0 spiro atoms. The molecule has 0 saturated carbocycles. The van der Waals surface area contributed by atoms with E-state index in [9.17, 15) is 13.2 Å². The van der Waals surface area contributed by atoms with Crippen molar-refractivity contribution in [3.63, 3.8) is 0 Å². The summed E-state index contributed by atoms with van der Waals surface area (Å²) in [5.74, 6) is 0.650. The Morgan fingerprint density at radius 3 is 2.66 bits per heavy atom. The Balaban J connectivity index is 0.00000420. The van der Waals surface area contributed by atoms with Crippen LogP contribution >= 0.6 is 24.0 Å². The zero-order valence-corrected chi connectivity index (χ0v) is 19.8. The number of hydrogen-bond donors (Lipinski definition) is 2. The quantitative estimate of drug-likeness (QED) is 0.309. The van der Waals surface area contributed by atoms with Crippen LogP contribution in [0.15, 0.2) is 29.3 Å². The molecule has 1 heterocycles. The van der Waals surface area contributed by atoms with Crippen LogP contribution in [0.1, 0.15) is 31.4 Å². The van der Waals surface area contributed by atoms with Gasteiger partial charge in [0.15, 0.2) is 5.96 Å². The SMILES string of the molecule is CCNC(=NCc1cccc(CN(C)CC)c1)NC1CCN(CC(F)(F)F)C1.I. The Morgan fingerprint density at radius 1 is 1.28 bits per heavy atom. The molecule has 0 bridgehead atoms. The minimum absolute atomic E-state index is 0. The van der Waals surface area contributed by atoms with E-state index in [0.29, 0.717) is 38.6 Å². The van der Waals surface area contributed by atoms with Crippen molar-refractivity contribution in [3.05, 3.63) is 35.4 Å². The van der Waals surface area contributed by atoms with Gasteiger partial charge in [0.25, 0.3) is 0 Å². The monoisotopic (exact) mass is 527 g/mol. The largest absolute Gasteiger partial charge is 0.401 e. The van der Waals surface area contributed by atoms with Gasteiger partial charge >= 0.3 is 6.18 Å². The Kier molecular flexibility index (Phi) is 11.3. The van der Waals surface area contributed by atoms with Crippen molar-refractivity contribution >= 4 is 29.9 Å². The third-order valence-corrected chi connectivity index (χ3v) is 4.76. The summed E-state index contributed by atoms with van der Waals surface area (Å²) in [6.07, 6.45) is -3.47. The van der Waals surface area contributed by atoms with E-state index < -0.39 is 12.7 Å². The highest BCUT2D eigenvalue weighted by Gasteiger charge is 2.34. The molecule has 9 heteroatoms. The van der Waals surface area contributed by atoms with E-state index in [4.69, 9.17) is 0 Å². The summed E-state index contributed by atoms with van der Waals surface area (Å²) >= 11 is 0. The number of likely N-dealkylation sites (tertiary alicyclic amines) is 1. The second kappa shape index (κ2) is 12.6. The van der Waals surface area contributed by atoms with E-state index in [1.807, 2.05) is 19.1 Å². The molecule has 166 valence electrons. The zero-order chi connectivity index (χ0) is 20.6. The van der Waals surface area contributed by atoms with Crippen LogP contribution in [0.3, 0.4) is 0 Å². The van der Waals surface area contributed by atoms with Crippen LogP contribution in [-0.4, -0.2) is 67.7 Å². The topological polar surface area (TPSA) is 42.9 Å². The molecular weight excluding hydrogens is 494 g/mol. The lowest BCUT2D eigenvalue weighted by molar-refractivity contribution is -0.143. The maximum atomic E-state index is 12.6. The first kappa shape index (κ1) is 26.0. The fourth-order valence-corrected chi connectivity index (χ4v) is 3.28. The van der Waals surface area contributed by atoms with E-state index in [1.54, 1.807) is 0 Å². The van der Waals surface area contributed by atoms with Gasteiger partial charge in [-0.2, -0.15) is 13.2 Å². The molecule has 1 saturated heterocycles. The van der Waals surface area contributed by atoms with Gasteiger partial charge in [0.05, 0.1) is 13.1 Å². The summed E-state index contributed by atoms with van der Waals surface area (Å²) < 4.78 is 37.7. The highest BCUT2D eigenvalue weighted by atomic mass is 127. The van der Waals surface area contributed by atoms with Crippen molar-refractivity contribution in [2.45, 2.75) is 45.6 Å². The molecule has 29 heavy (non-hydrogen) atoms. The number of hydrogen-bond acceptors (Lipinski definition) is 3. The highest BCUT2D eigenvalue weighted by molar-refractivity contribution is 14.0. The summed E-state index contributed by atoms with van der Waals surface area (Å²) in [5, 5.41) is 6.47. The lowest BCUT2D eigenvalue weighted by Gasteiger charge is -2.20. The van der Waals surface area contributed by atoms with Gasteiger partial charge < -0.3 is 15.5 Å². The maximum absolute atomic E-state index is 12.6. The van der Waals surface area contributed by atoms with E-state index in [0.717, 1.165) is 18.7 Å². The second-order valence-electron chi connectivity index (χ2n) is 7.33. The Morgan fingerprint density at radius 2 is 2.00 bits per heavy atom. The van der Waals surface area contributed by atoms with Gasteiger partial charge in [-0.05, 0) is 38.1 Å². The molecule has 1 fully saturated rings. The lowest BCUT2D eigenvalue weighted by Crippen LogP contribution is -2.45. The van der Waals surface area contributed by atoms with Crippen LogP contribution in [0, 0.1) is 0 Å². The summed E-state index contributed by atoms with van der Waals surface area (Å²) in [6.45, 7) is 7.19. The summed E-state index contributed by atoms with van der Waals surface area (Å²) in [7, 11) is 2.09. The Hall–Kier alpha value is -1.07. The van der Waals surface area contributed by atoms with Gasteiger partial charge in [-0.3, -0.25) is 4.90 Å². The van der Waals surface area contributed by atoms with Crippen LogP contribution in [0.25, 0.3) is 0 Å². The zero-order valence-electron chi connectivity index (χ0n) is 17.4. The molecule has 0 aliphatic carbocycles. The molecule has 1 atom stereocenters. The standard InChI is InChI=1S/C20H32F3N5.HI/c1-4-24-19(26-18-9-10-28(14-18)15-20(21,22)23)25-12-16-7-6-8-17(11-16)13-27(3)5-2;/h6-8,11,18H,4-5,9-10,12-15H2,1-3H3,(H2,24,25,26);1H. The van der Waals surface area contributed by atoms with Gasteiger partial charge in [0.2, 0.25) is 0 Å². The van der Waals surface area contributed by atoms with Gasteiger partial charge in [-0.25, -0.2) is 4.99 Å².